The first kappa shape index (κ1) is 26.6. The Morgan fingerprint density at radius 2 is 1.87 bits per heavy atom. The first-order chi connectivity index (χ1) is 13.8. The van der Waals surface area contributed by atoms with E-state index in [1.807, 2.05) is 4.98 Å². The maximum Gasteiger partial charge on any atom is 0.480 e. The summed E-state index contributed by atoms with van der Waals surface area (Å²) in [7, 11) is 4.63. The Morgan fingerprint density at radius 3 is 2.35 bits per heavy atom. The van der Waals surface area contributed by atoms with Crippen LogP contribution in [0.15, 0.2) is 11.0 Å². The van der Waals surface area contributed by atoms with E-state index in [-0.39, 0.29) is 14.8 Å². The second kappa shape index (κ2) is 8.27. The summed E-state index contributed by atoms with van der Waals surface area (Å²) < 4.78 is 50.1. The van der Waals surface area contributed by atoms with Gasteiger partial charge < -0.3 is 34.7 Å². The average molecular weight is 498 g/mol. The fourth-order valence-electron chi connectivity index (χ4n) is 2.58. The second-order valence-corrected chi connectivity index (χ2v) is 9.42. The van der Waals surface area contributed by atoms with Crippen LogP contribution in [-0.4, -0.2) is 86.6 Å². The van der Waals surface area contributed by atoms with Gasteiger partial charge in [-0.15, -0.1) is 0 Å². The van der Waals surface area contributed by atoms with E-state index in [9.17, 15) is 34.1 Å². The predicted molar refractivity (Wildman–Crippen MR) is 101 cm³/mol. The van der Waals surface area contributed by atoms with Crippen molar-refractivity contribution in [3.05, 3.63) is 26.9 Å². The number of alkyl halides is 1. The molecule has 0 amide bonds. The summed E-state index contributed by atoms with van der Waals surface area (Å²) in [5, 5.41) is 25.9. The minimum Gasteiger partial charge on any atom is -0.392 e. The zero-order chi connectivity index (χ0) is 24.2. The van der Waals surface area contributed by atoms with Gasteiger partial charge in [-0.05, 0) is 0 Å². The Hall–Kier alpha value is -0.675. The number of hydrogen-bond acceptors (Lipinski definition) is 10. The number of nitrogens with one attached hydrogen (secondary N) is 1. The minimum absolute atomic E-state index is 0.154. The molecule has 0 saturated carbocycles. The van der Waals surface area contributed by atoms with Crippen molar-refractivity contribution in [1.29, 1.82) is 0 Å². The van der Waals surface area contributed by atoms with E-state index in [2.05, 4.69) is 13.6 Å². The number of aliphatic hydroxyl groups is 3. The molecule has 2 rings (SSSR count). The first-order valence-electron chi connectivity index (χ1n) is 7.68. The van der Waals surface area contributed by atoms with Gasteiger partial charge in [0.05, 0.1) is 12.0 Å². The molecule has 1 aromatic rings. The smallest absolute Gasteiger partial charge is 0.392 e. The molecular weight excluding hydrogens is 486 g/mol. The molecule has 5 atom stereocenters. The fourth-order valence-corrected chi connectivity index (χ4v) is 4.50. The van der Waals surface area contributed by atoms with E-state index in [1.165, 1.54) is 0 Å². The molecule has 1 aliphatic heterocycles. The molecule has 0 aromatic carbocycles. The quantitative estimate of drug-likeness (QED) is 0.112. The number of phosphoric acid groups is 2. The van der Waals surface area contributed by atoms with Crippen molar-refractivity contribution in [3.63, 3.8) is 0 Å². The molecule has 1 aliphatic rings. The largest absolute Gasteiger partial charge is 0.480 e. The average Bonchev–Trinajstić information content (AvgIpc) is 2.74. The third-order valence-electron chi connectivity index (χ3n) is 3.99. The van der Waals surface area contributed by atoms with Crippen molar-refractivity contribution in [1.82, 2.24) is 9.55 Å². The highest BCUT2D eigenvalue weighted by Gasteiger charge is 2.68. The summed E-state index contributed by atoms with van der Waals surface area (Å²) in [4.78, 5) is 40.8. The molecule has 1 aromatic heterocycles. The van der Waals surface area contributed by atoms with E-state index in [1.54, 1.807) is 0 Å². The van der Waals surface area contributed by atoms with Crippen LogP contribution in [0.2, 0.25) is 0 Å². The number of hydrogen-bond donors (Lipinski definition) is 7. The third kappa shape index (κ3) is 4.98. The molecular formula is C10H12B3FN2O12P2S. The summed E-state index contributed by atoms with van der Waals surface area (Å²) in [6.45, 7) is -0.751. The molecule has 0 spiro atoms. The number of halogens is 1. The summed E-state index contributed by atoms with van der Waals surface area (Å²) in [5.74, 6) is -4.09. The van der Waals surface area contributed by atoms with Crippen LogP contribution < -0.4 is 5.69 Å². The first-order valence-corrected chi connectivity index (χ1v) is 11.1. The normalized spacial score (nSPS) is 31.5. The van der Waals surface area contributed by atoms with Gasteiger partial charge in [0, 0.05) is 11.8 Å². The molecule has 14 nitrogen and oxygen atoms in total. The zero-order valence-electron chi connectivity index (χ0n) is 14.9. The molecule has 2 heterocycles. The lowest BCUT2D eigenvalue weighted by Crippen LogP contribution is -2.60. The lowest BCUT2D eigenvalue weighted by atomic mass is 9.59. The molecule has 1 saturated heterocycles. The molecule has 21 heteroatoms. The van der Waals surface area contributed by atoms with Crippen LogP contribution in [0, 0.1) is 4.64 Å². The summed E-state index contributed by atoms with van der Waals surface area (Å²) in [5.41, 5.74) is -4.40. The molecule has 6 radical (unpaired) electrons. The van der Waals surface area contributed by atoms with Crippen molar-refractivity contribution in [2.24, 2.45) is 0 Å². The van der Waals surface area contributed by atoms with Crippen LogP contribution in [0.4, 0.5) is 4.39 Å². The molecule has 1 fully saturated rings. The van der Waals surface area contributed by atoms with Gasteiger partial charge in [-0.3, -0.25) is 14.1 Å². The Labute approximate surface area is 181 Å². The van der Waals surface area contributed by atoms with Gasteiger partial charge in [0.1, 0.15) is 46.0 Å². The van der Waals surface area contributed by atoms with E-state index in [4.69, 9.17) is 45.5 Å². The highest BCUT2D eigenvalue weighted by molar-refractivity contribution is 7.71. The number of nitrogens with zero attached hydrogens (tertiary/aromatic N) is 1. The lowest BCUT2D eigenvalue weighted by molar-refractivity contribution is -0.239. The van der Waals surface area contributed by atoms with Gasteiger partial charge in [0.25, 0.3) is 5.85 Å². The van der Waals surface area contributed by atoms with Gasteiger partial charge in [-0.1, -0.05) is 12.2 Å². The molecule has 31 heavy (non-hydrogen) atoms. The Kier molecular flexibility index (Phi) is 7.09. The van der Waals surface area contributed by atoms with E-state index in [0.29, 0.717) is 0 Å². The molecule has 0 bridgehead atoms. The fraction of sp³-hybridized carbons (Fsp3) is 0.600. The summed E-state index contributed by atoms with van der Waals surface area (Å²) in [6.07, 6.45) is -4.70. The summed E-state index contributed by atoms with van der Waals surface area (Å²) >= 11 is 4.78. The Morgan fingerprint density at radius 1 is 1.32 bits per heavy atom. The number of aromatic amines is 1. The molecule has 0 aliphatic carbocycles. The van der Waals surface area contributed by atoms with Gasteiger partial charge in [-0.25, -0.2) is 18.3 Å². The maximum atomic E-state index is 15.5. The molecule has 1 unspecified atom stereocenters. The Balaban J connectivity index is 2.53. The van der Waals surface area contributed by atoms with Gasteiger partial charge >= 0.3 is 21.3 Å². The van der Waals surface area contributed by atoms with Crippen molar-refractivity contribution >= 4 is 51.4 Å². The van der Waals surface area contributed by atoms with Crippen LogP contribution >= 0.6 is 27.9 Å². The highest BCUT2D eigenvalue weighted by Crippen LogP contribution is 2.61. The molecule has 7 N–H and O–H groups in total. The predicted octanol–water partition coefficient (Wildman–Crippen LogP) is -3.19. The van der Waals surface area contributed by atoms with Gasteiger partial charge in [0.15, 0.2) is 0 Å². The number of aliphatic hydroxyl groups excluding tert-OH is 3. The van der Waals surface area contributed by atoms with Gasteiger partial charge in [0.2, 0.25) is 0 Å². The SMILES string of the molecule is [B]C([B])(OP(=O)(O)OP(=O)(O)O)[C@@]1(F)O[C@@]([B])(n2cc(CO)c(=S)[nH]c2=O)[C@H](O)[C@@H]1O. The second-order valence-electron chi connectivity index (χ2n) is 6.26. The van der Waals surface area contributed by atoms with Crippen LogP contribution in [0.1, 0.15) is 5.56 Å². The number of rotatable bonds is 7. The third-order valence-corrected chi connectivity index (χ3v) is 6.56. The van der Waals surface area contributed by atoms with Crippen molar-refractivity contribution in [3.8, 4) is 0 Å². The Bertz CT molecular complexity index is 1080. The van der Waals surface area contributed by atoms with Crippen LogP contribution in [0.5, 0.6) is 0 Å². The minimum atomic E-state index is -5.91. The standard InChI is InChI=1S/C10H12B3FN2O12P2S/c11-9(16-1-3(2-17)6(31)15-7(16)20)5(19)4(18)8(14,26-9)10(12,13)27-30(24,25)28-29(21,22)23/h1,4-5,17-19H,2H2,(H,24,25)(H,15,20,31)(H2,21,22,23)/t4-,5+,8-,9-/m0/s1. The van der Waals surface area contributed by atoms with E-state index < -0.39 is 57.0 Å². The number of aromatic nitrogens is 2. The molecule has 166 valence electrons. The highest BCUT2D eigenvalue weighted by atomic mass is 32.1. The van der Waals surface area contributed by atoms with Crippen LogP contribution in [0.25, 0.3) is 0 Å². The van der Waals surface area contributed by atoms with Crippen molar-refractivity contribution < 1.29 is 57.1 Å². The topological polar surface area (TPSA) is 221 Å². The van der Waals surface area contributed by atoms with Crippen LogP contribution in [0.3, 0.4) is 0 Å². The number of H-pyrrole nitrogens is 1. The zero-order valence-corrected chi connectivity index (χ0v) is 17.5. The summed E-state index contributed by atoms with van der Waals surface area (Å²) in [6, 6.07) is 0. The van der Waals surface area contributed by atoms with Crippen LogP contribution in [-0.2, 0) is 34.9 Å². The monoisotopic (exact) mass is 498 g/mol. The lowest BCUT2D eigenvalue weighted by Gasteiger charge is -2.41. The number of phosphoric ester groups is 1. The number of ether oxygens (including phenoxy) is 1. The van der Waals surface area contributed by atoms with E-state index >= 15 is 4.39 Å². The van der Waals surface area contributed by atoms with Crippen molar-refractivity contribution in [2.75, 3.05) is 0 Å². The van der Waals surface area contributed by atoms with Gasteiger partial charge in [-0.2, -0.15) is 4.31 Å². The van der Waals surface area contributed by atoms with Crippen molar-refractivity contribution in [2.45, 2.75) is 35.7 Å². The maximum absolute atomic E-state index is 15.5. The van der Waals surface area contributed by atoms with E-state index in [0.717, 1.165) is 6.20 Å².